The molecule has 0 aliphatic heterocycles. The summed E-state index contributed by atoms with van der Waals surface area (Å²) < 4.78 is 5.30. The lowest BCUT2D eigenvalue weighted by Crippen LogP contribution is -2.37. The monoisotopic (exact) mass is 341 g/mol. The number of ether oxygens (including phenoxy) is 1. The summed E-state index contributed by atoms with van der Waals surface area (Å²) in [6.45, 7) is 7.90. The fourth-order valence-electron chi connectivity index (χ4n) is 2.88. The third-order valence-electron chi connectivity index (χ3n) is 4.33. The molecule has 0 aliphatic carbocycles. The molecule has 0 aromatic heterocycles. The Labute approximate surface area is 151 Å². The number of esters is 1. The average molecular weight is 342 g/mol. The molecule has 3 nitrogen and oxygen atoms in total. The lowest BCUT2D eigenvalue weighted by Gasteiger charge is -2.22. The first-order valence-electron chi connectivity index (χ1n) is 10.3. The van der Waals surface area contributed by atoms with Crippen LogP contribution in [0.5, 0.6) is 0 Å². The van der Waals surface area contributed by atoms with Crippen LogP contribution in [-0.4, -0.2) is 17.6 Å². The number of carbonyl (C=O) groups is 1. The van der Waals surface area contributed by atoms with Crippen molar-refractivity contribution in [2.24, 2.45) is 5.73 Å². The zero-order valence-electron chi connectivity index (χ0n) is 16.9. The molecule has 144 valence electrons. The van der Waals surface area contributed by atoms with Crippen molar-refractivity contribution >= 4 is 5.97 Å². The Hall–Kier alpha value is -0.570. The van der Waals surface area contributed by atoms with Gasteiger partial charge in [0.2, 0.25) is 0 Å². The Morgan fingerprint density at radius 3 is 1.54 bits per heavy atom. The van der Waals surface area contributed by atoms with Gasteiger partial charge < -0.3 is 10.5 Å². The maximum Gasteiger partial charge on any atom is 0.323 e. The van der Waals surface area contributed by atoms with Gasteiger partial charge in [0.05, 0.1) is 0 Å². The van der Waals surface area contributed by atoms with E-state index in [9.17, 15) is 4.79 Å². The van der Waals surface area contributed by atoms with Crippen molar-refractivity contribution in [3.63, 3.8) is 0 Å². The Morgan fingerprint density at radius 1 is 0.792 bits per heavy atom. The minimum absolute atomic E-state index is 0.263. The Balaban J connectivity index is 3.32. The summed E-state index contributed by atoms with van der Waals surface area (Å²) in [4.78, 5) is 11.8. The normalized spacial score (nSPS) is 13.0. The summed E-state index contributed by atoms with van der Waals surface area (Å²) in [6, 6.07) is -0.461. The van der Waals surface area contributed by atoms with E-state index in [1.807, 2.05) is 20.8 Å². The first kappa shape index (κ1) is 23.4. The molecule has 1 atom stereocenters. The fourth-order valence-corrected chi connectivity index (χ4v) is 2.88. The van der Waals surface area contributed by atoms with E-state index in [4.69, 9.17) is 10.5 Å². The molecule has 0 amide bonds. The molecule has 3 heteroatoms. The van der Waals surface area contributed by atoms with E-state index in [2.05, 4.69) is 6.92 Å². The highest BCUT2D eigenvalue weighted by Crippen LogP contribution is 2.14. The van der Waals surface area contributed by atoms with Crippen molar-refractivity contribution in [1.82, 2.24) is 0 Å². The van der Waals surface area contributed by atoms with Gasteiger partial charge in [0, 0.05) is 0 Å². The number of rotatable bonds is 15. The molecule has 0 rings (SSSR count). The summed E-state index contributed by atoms with van der Waals surface area (Å²) >= 11 is 0. The second kappa shape index (κ2) is 14.7. The van der Waals surface area contributed by atoms with Gasteiger partial charge in [-0.1, -0.05) is 90.4 Å². The highest BCUT2D eigenvalue weighted by Gasteiger charge is 2.21. The maximum absolute atomic E-state index is 11.8. The van der Waals surface area contributed by atoms with Gasteiger partial charge in [0.25, 0.3) is 0 Å². The topological polar surface area (TPSA) is 52.3 Å². The van der Waals surface area contributed by atoms with Crippen molar-refractivity contribution in [3.05, 3.63) is 0 Å². The molecular weight excluding hydrogens is 298 g/mol. The van der Waals surface area contributed by atoms with Gasteiger partial charge in [-0.2, -0.15) is 0 Å². The molecular formula is C21H43NO2. The quantitative estimate of drug-likeness (QED) is 0.287. The van der Waals surface area contributed by atoms with Crippen LogP contribution < -0.4 is 5.73 Å². The highest BCUT2D eigenvalue weighted by molar-refractivity contribution is 5.75. The molecule has 0 bridgehead atoms. The molecule has 0 radical (unpaired) electrons. The van der Waals surface area contributed by atoms with Gasteiger partial charge in [-0.05, 0) is 27.2 Å². The van der Waals surface area contributed by atoms with Crippen LogP contribution in [0.2, 0.25) is 0 Å². The van der Waals surface area contributed by atoms with Gasteiger partial charge in [0.1, 0.15) is 11.6 Å². The minimum Gasteiger partial charge on any atom is -0.459 e. The summed E-state index contributed by atoms with van der Waals surface area (Å²) in [6.07, 6.45) is 18.1. The Kier molecular flexibility index (Phi) is 14.4. The summed E-state index contributed by atoms with van der Waals surface area (Å²) in [5, 5.41) is 0. The molecule has 2 N–H and O–H groups in total. The molecule has 0 fully saturated rings. The van der Waals surface area contributed by atoms with Crippen molar-refractivity contribution in [2.75, 3.05) is 0 Å². The molecule has 0 spiro atoms. The van der Waals surface area contributed by atoms with Gasteiger partial charge in [-0.3, -0.25) is 4.79 Å². The van der Waals surface area contributed by atoms with Crippen LogP contribution in [0, 0.1) is 0 Å². The van der Waals surface area contributed by atoms with Crippen LogP contribution in [0.1, 0.15) is 118 Å². The van der Waals surface area contributed by atoms with Crippen molar-refractivity contribution in [3.8, 4) is 0 Å². The first-order chi connectivity index (χ1) is 11.4. The van der Waals surface area contributed by atoms with Crippen LogP contribution in [0.25, 0.3) is 0 Å². The molecule has 0 saturated heterocycles. The molecule has 0 saturated carbocycles. The number of hydrogen-bond acceptors (Lipinski definition) is 3. The Bertz CT molecular complexity index is 297. The lowest BCUT2D eigenvalue weighted by molar-refractivity contribution is -0.156. The minimum atomic E-state index is -0.461. The largest absolute Gasteiger partial charge is 0.459 e. The van der Waals surface area contributed by atoms with Gasteiger partial charge >= 0.3 is 5.97 Å². The molecule has 0 aromatic carbocycles. The SMILES string of the molecule is CCCCCCCCCCCCCCCC(N)C(=O)OC(C)(C)C. The summed E-state index contributed by atoms with van der Waals surface area (Å²) in [5.74, 6) is -0.263. The van der Waals surface area contributed by atoms with E-state index in [-0.39, 0.29) is 5.97 Å². The Morgan fingerprint density at radius 2 is 1.17 bits per heavy atom. The summed E-state index contributed by atoms with van der Waals surface area (Å²) in [7, 11) is 0. The van der Waals surface area contributed by atoms with Crippen LogP contribution in [-0.2, 0) is 9.53 Å². The zero-order valence-corrected chi connectivity index (χ0v) is 16.9. The fraction of sp³-hybridized carbons (Fsp3) is 0.952. The van der Waals surface area contributed by atoms with Crippen molar-refractivity contribution < 1.29 is 9.53 Å². The van der Waals surface area contributed by atoms with E-state index < -0.39 is 11.6 Å². The van der Waals surface area contributed by atoms with Crippen molar-refractivity contribution in [1.29, 1.82) is 0 Å². The van der Waals surface area contributed by atoms with Crippen LogP contribution in [0.15, 0.2) is 0 Å². The summed E-state index contributed by atoms with van der Waals surface area (Å²) in [5.41, 5.74) is 5.45. The average Bonchev–Trinajstić information content (AvgIpc) is 2.50. The smallest absolute Gasteiger partial charge is 0.323 e. The maximum atomic E-state index is 11.8. The van der Waals surface area contributed by atoms with Crippen LogP contribution in [0.4, 0.5) is 0 Å². The van der Waals surface area contributed by atoms with E-state index >= 15 is 0 Å². The predicted molar refractivity (Wildman–Crippen MR) is 104 cm³/mol. The van der Waals surface area contributed by atoms with Gasteiger partial charge in [0.15, 0.2) is 0 Å². The predicted octanol–water partition coefficient (Wildman–Crippen LogP) is 6.14. The number of nitrogens with two attached hydrogens (primary N) is 1. The molecule has 0 heterocycles. The van der Waals surface area contributed by atoms with E-state index in [0.717, 1.165) is 12.8 Å². The molecule has 24 heavy (non-hydrogen) atoms. The van der Waals surface area contributed by atoms with Crippen molar-refractivity contribution in [2.45, 2.75) is 129 Å². The highest BCUT2D eigenvalue weighted by atomic mass is 16.6. The zero-order chi connectivity index (χ0) is 18.3. The van der Waals surface area contributed by atoms with Crippen LogP contribution in [0.3, 0.4) is 0 Å². The standard InChI is InChI=1S/C21H43NO2/c1-5-6-7-8-9-10-11-12-13-14-15-16-17-18-19(22)20(23)24-21(2,3)4/h19H,5-18,22H2,1-4H3. The third-order valence-corrected chi connectivity index (χ3v) is 4.33. The van der Waals surface area contributed by atoms with Crippen LogP contribution >= 0.6 is 0 Å². The molecule has 1 unspecified atom stereocenters. The van der Waals surface area contributed by atoms with Gasteiger partial charge in [-0.25, -0.2) is 0 Å². The number of unbranched alkanes of at least 4 members (excludes halogenated alkanes) is 12. The third kappa shape index (κ3) is 16.3. The van der Waals surface area contributed by atoms with E-state index in [1.165, 1.54) is 77.0 Å². The molecule has 0 aromatic rings. The number of hydrogen-bond donors (Lipinski definition) is 1. The van der Waals surface area contributed by atoms with E-state index in [1.54, 1.807) is 0 Å². The second-order valence-electron chi connectivity index (χ2n) is 8.17. The number of carbonyl (C=O) groups excluding carboxylic acids is 1. The van der Waals surface area contributed by atoms with Gasteiger partial charge in [-0.15, -0.1) is 0 Å². The second-order valence-corrected chi connectivity index (χ2v) is 8.17. The van der Waals surface area contributed by atoms with E-state index in [0.29, 0.717) is 0 Å². The first-order valence-corrected chi connectivity index (χ1v) is 10.3. The lowest BCUT2D eigenvalue weighted by atomic mass is 10.0. The molecule has 0 aliphatic rings.